The van der Waals surface area contributed by atoms with Gasteiger partial charge in [0, 0.05) is 11.8 Å². The second kappa shape index (κ2) is 8.43. The van der Waals surface area contributed by atoms with E-state index in [0.29, 0.717) is 23.7 Å². The Morgan fingerprint density at radius 2 is 1.85 bits per heavy atom. The highest BCUT2D eigenvalue weighted by molar-refractivity contribution is 7.92. The first kappa shape index (κ1) is 20.8. The minimum absolute atomic E-state index is 0.424. The molecule has 0 unspecified atom stereocenters. The van der Waals surface area contributed by atoms with Gasteiger partial charge in [-0.15, -0.1) is 0 Å². The summed E-state index contributed by atoms with van der Waals surface area (Å²) in [5.74, 6) is 0.212. The molecule has 7 heteroatoms. The molecule has 0 aliphatic rings. The Hall–Kier alpha value is -2.54. The molecule has 146 valence electrons. The van der Waals surface area contributed by atoms with Crippen molar-refractivity contribution in [2.24, 2.45) is 0 Å². The molecule has 0 radical (unpaired) electrons. The quantitative estimate of drug-likeness (QED) is 0.785. The molecule has 0 saturated carbocycles. The number of nitrogens with zero attached hydrogens (tertiary/aromatic N) is 1. The highest BCUT2D eigenvalue weighted by atomic mass is 32.2. The standard InChI is InChI=1S/C20H26N2O4S/c1-6-26-19-9-7-8-17(13-19)21-20(23)16(4)22(27(5,24)25)18-11-10-14(2)15(3)12-18/h7-13,16H,6H2,1-5H3,(H,21,23)/t16-/m1/s1. The Labute approximate surface area is 161 Å². The summed E-state index contributed by atoms with van der Waals surface area (Å²) in [6, 6.07) is 11.4. The molecule has 0 saturated heterocycles. The molecule has 0 fully saturated rings. The zero-order valence-corrected chi connectivity index (χ0v) is 17.1. The van der Waals surface area contributed by atoms with Crippen LogP contribution in [0, 0.1) is 13.8 Å². The van der Waals surface area contributed by atoms with Crippen molar-refractivity contribution in [2.75, 3.05) is 22.5 Å². The summed E-state index contributed by atoms with van der Waals surface area (Å²) in [6.07, 6.45) is 1.10. The Kier molecular flexibility index (Phi) is 6.49. The lowest BCUT2D eigenvalue weighted by Crippen LogP contribution is -2.45. The third-order valence-electron chi connectivity index (χ3n) is 4.25. The summed E-state index contributed by atoms with van der Waals surface area (Å²) in [7, 11) is -3.65. The van der Waals surface area contributed by atoms with Crippen LogP contribution in [0.2, 0.25) is 0 Å². The van der Waals surface area contributed by atoms with Crippen molar-refractivity contribution >= 4 is 27.3 Å². The molecule has 0 heterocycles. The van der Waals surface area contributed by atoms with Crippen molar-refractivity contribution in [3.05, 3.63) is 53.6 Å². The number of rotatable bonds is 7. The number of hydrogen-bond acceptors (Lipinski definition) is 4. The van der Waals surface area contributed by atoms with Gasteiger partial charge in [-0.25, -0.2) is 8.42 Å². The number of amides is 1. The van der Waals surface area contributed by atoms with Crippen LogP contribution in [0.1, 0.15) is 25.0 Å². The molecule has 0 bridgehead atoms. The van der Waals surface area contributed by atoms with Crippen molar-refractivity contribution < 1.29 is 17.9 Å². The minimum Gasteiger partial charge on any atom is -0.494 e. The van der Waals surface area contributed by atoms with Crippen LogP contribution in [0.5, 0.6) is 5.75 Å². The molecule has 2 aromatic carbocycles. The Morgan fingerprint density at radius 3 is 2.44 bits per heavy atom. The van der Waals surface area contributed by atoms with Gasteiger partial charge in [0.1, 0.15) is 11.8 Å². The van der Waals surface area contributed by atoms with Gasteiger partial charge in [0.25, 0.3) is 0 Å². The van der Waals surface area contributed by atoms with Crippen LogP contribution in [-0.2, 0) is 14.8 Å². The van der Waals surface area contributed by atoms with E-state index in [1.54, 1.807) is 43.3 Å². The molecule has 1 atom stereocenters. The molecule has 2 rings (SSSR count). The largest absolute Gasteiger partial charge is 0.494 e. The highest BCUT2D eigenvalue weighted by Crippen LogP contribution is 2.25. The molecule has 0 aliphatic carbocycles. The van der Waals surface area contributed by atoms with Crippen LogP contribution in [0.25, 0.3) is 0 Å². The van der Waals surface area contributed by atoms with Crippen LogP contribution in [-0.4, -0.2) is 33.2 Å². The Morgan fingerprint density at radius 1 is 1.15 bits per heavy atom. The second-order valence-electron chi connectivity index (χ2n) is 6.45. The lowest BCUT2D eigenvalue weighted by Gasteiger charge is -2.28. The van der Waals surface area contributed by atoms with E-state index in [9.17, 15) is 13.2 Å². The summed E-state index contributed by atoms with van der Waals surface area (Å²) in [5.41, 5.74) is 3.02. The first-order valence-electron chi connectivity index (χ1n) is 8.74. The molecule has 0 spiro atoms. The van der Waals surface area contributed by atoms with E-state index in [1.165, 1.54) is 0 Å². The fourth-order valence-corrected chi connectivity index (χ4v) is 3.92. The van der Waals surface area contributed by atoms with Gasteiger partial charge < -0.3 is 10.1 Å². The Bertz CT molecular complexity index is 925. The average molecular weight is 391 g/mol. The number of ether oxygens (including phenoxy) is 1. The fraction of sp³-hybridized carbons (Fsp3) is 0.350. The van der Waals surface area contributed by atoms with Crippen molar-refractivity contribution in [3.63, 3.8) is 0 Å². The van der Waals surface area contributed by atoms with E-state index in [2.05, 4.69) is 5.32 Å². The molecule has 1 N–H and O–H groups in total. The van der Waals surface area contributed by atoms with Gasteiger partial charge in [-0.2, -0.15) is 0 Å². The van der Waals surface area contributed by atoms with Gasteiger partial charge in [0.15, 0.2) is 0 Å². The minimum atomic E-state index is -3.65. The molecule has 0 aliphatic heterocycles. The third kappa shape index (κ3) is 5.23. The zero-order valence-electron chi connectivity index (χ0n) is 16.3. The first-order chi connectivity index (χ1) is 12.6. The van der Waals surface area contributed by atoms with Gasteiger partial charge in [-0.3, -0.25) is 9.10 Å². The predicted molar refractivity (Wildman–Crippen MR) is 109 cm³/mol. The van der Waals surface area contributed by atoms with Crippen molar-refractivity contribution in [1.29, 1.82) is 0 Å². The van der Waals surface area contributed by atoms with Crippen LogP contribution < -0.4 is 14.4 Å². The maximum Gasteiger partial charge on any atom is 0.247 e. The highest BCUT2D eigenvalue weighted by Gasteiger charge is 2.29. The SMILES string of the molecule is CCOc1cccc(NC(=O)[C@@H](C)N(c2ccc(C)c(C)c2)S(C)(=O)=O)c1. The molecule has 2 aromatic rings. The third-order valence-corrected chi connectivity index (χ3v) is 5.49. The fourth-order valence-electron chi connectivity index (χ4n) is 2.75. The number of sulfonamides is 1. The van der Waals surface area contributed by atoms with E-state index in [-0.39, 0.29) is 0 Å². The first-order valence-corrected chi connectivity index (χ1v) is 10.6. The van der Waals surface area contributed by atoms with Crippen molar-refractivity contribution in [3.8, 4) is 5.75 Å². The number of aryl methyl sites for hydroxylation is 2. The van der Waals surface area contributed by atoms with Gasteiger partial charge in [0.05, 0.1) is 18.6 Å². The average Bonchev–Trinajstić information content (AvgIpc) is 2.57. The molecular weight excluding hydrogens is 364 g/mol. The lowest BCUT2D eigenvalue weighted by atomic mass is 10.1. The van der Waals surface area contributed by atoms with Crippen molar-refractivity contribution in [1.82, 2.24) is 0 Å². The van der Waals surface area contributed by atoms with Gasteiger partial charge >= 0.3 is 0 Å². The maximum atomic E-state index is 12.7. The summed E-state index contributed by atoms with van der Waals surface area (Å²) in [6.45, 7) is 7.82. The molecule has 0 aromatic heterocycles. The molecular formula is C20H26N2O4S. The van der Waals surface area contributed by atoms with Gasteiger partial charge in [0.2, 0.25) is 15.9 Å². The smallest absolute Gasteiger partial charge is 0.247 e. The van der Waals surface area contributed by atoms with Gasteiger partial charge in [-0.05, 0) is 63.1 Å². The number of carbonyl (C=O) groups is 1. The summed E-state index contributed by atoms with van der Waals surface area (Å²) in [5, 5.41) is 2.76. The maximum absolute atomic E-state index is 12.7. The van der Waals surface area contributed by atoms with E-state index in [4.69, 9.17) is 4.74 Å². The monoisotopic (exact) mass is 390 g/mol. The summed E-state index contributed by atoms with van der Waals surface area (Å²) >= 11 is 0. The lowest BCUT2D eigenvalue weighted by molar-refractivity contribution is -0.116. The molecule has 27 heavy (non-hydrogen) atoms. The van der Waals surface area contributed by atoms with E-state index in [0.717, 1.165) is 21.7 Å². The van der Waals surface area contributed by atoms with E-state index in [1.807, 2.05) is 26.8 Å². The van der Waals surface area contributed by atoms with Gasteiger partial charge in [-0.1, -0.05) is 12.1 Å². The van der Waals surface area contributed by atoms with Crippen LogP contribution in [0.15, 0.2) is 42.5 Å². The zero-order chi connectivity index (χ0) is 20.2. The number of nitrogens with one attached hydrogen (secondary N) is 1. The molecule has 1 amide bonds. The predicted octanol–water partition coefficient (Wildman–Crippen LogP) is 3.50. The van der Waals surface area contributed by atoms with Crippen LogP contribution >= 0.6 is 0 Å². The molecule has 6 nitrogen and oxygen atoms in total. The van der Waals surface area contributed by atoms with Crippen LogP contribution in [0.3, 0.4) is 0 Å². The number of hydrogen-bond donors (Lipinski definition) is 1. The number of anilines is 2. The summed E-state index contributed by atoms with van der Waals surface area (Å²) in [4.78, 5) is 12.7. The number of carbonyl (C=O) groups excluding carboxylic acids is 1. The van der Waals surface area contributed by atoms with Crippen LogP contribution in [0.4, 0.5) is 11.4 Å². The second-order valence-corrected chi connectivity index (χ2v) is 8.31. The van der Waals surface area contributed by atoms with Crippen molar-refractivity contribution in [2.45, 2.75) is 33.7 Å². The normalized spacial score (nSPS) is 12.3. The Balaban J connectivity index is 2.29. The topological polar surface area (TPSA) is 75.7 Å². The van der Waals surface area contributed by atoms with E-state index < -0.39 is 22.0 Å². The number of benzene rings is 2. The summed E-state index contributed by atoms with van der Waals surface area (Å²) < 4.78 is 31.3. The van der Waals surface area contributed by atoms with E-state index >= 15 is 0 Å².